The molecular formula is C24H23N3O4S. The Hall–Kier alpha value is -3.65. The summed E-state index contributed by atoms with van der Waals surface area (Å²) in [6.07, 6.45) is 2.35. The summed E-state index contributed by atoms with van der Waals surface area (Å²) >= 11 is 1.37. The number of hydrogen-bond donors (Lipinski definition) is 1. The minimum atomic E-state index is -0.145. The standard InChI is InChI=1S/C24H23N3O4S/c1-15-4-6-16(7-5-15)21-13-25-23(31-21)11-10-22(28)27-24-26-18(14-32-24)17-8-9-19(29-2)20(12-17)30-3/h4-9,12-14H,10-11H2,1-3H3,(H,26,27,28). The zero-order valence-electron chi connectivity index (χ0n) is 18.0. The molecule has 0 bridgehead atoms. The third-order valence-corrected chi connectivity index (χ3v) is 5.64. The van der Waals surface area contributed by atoms with Gasteiger partial charge in [0.25, 0.3) is 0 Å². The maximum atomic E-state index is 12.4. The van der Waals surface area contributed by atoms with Crippen LogP contribution < -0.4 is 14.8 Å². The quantitative estimate of drug-likeness (QED) is 0.390. The van der Waals surface area contributed by atoms with Gasteiger partial charge in [-0.05, 0) is 25.1 Å². The number of nitrogens with one attached hydrogen (secondary N) is 1. The Bertz CT molecular complexity index is 1210. The van der Waals surface area contributed by atoms with Crippen molar-refractivity contribution in [2.24, 2.45) is 0 Å². The number of methoxy groups -OCH3 is 2. The van der Waals surface area contributed by atoms with E-state index in [-0.39, 0.29) is 12.3 Å². The first-order chi connectivity index (χ1) is 15.6. The van der Waals surface area contributed by atoms with E-state index in [4.69, 9.17) is 13.9 Å². The molecule has 1 amide bonds. The molecule has 32 heavy (non-hydrogen) atoms. The smallest absolute Gasteiger partial charge is 0.226 e. The fourth-order valence-corrected chi connectivity index (χ4v) is 3.87. The molecule has 2 aromatic carbocycles. The topological polar surface area (TPSA) is 86.5 Å². The summed E-state index contributed by atoms with van der Waals surface area (Å²) in [5.41, 5.74) is 3.77. The van der Waals surface area contributed by atoms with Gasteiger partial charge in [0, 0.05) is 29.3 Å². The summed E-state index contributed by atoms with van der Waals surface area (Å²) in [5.74, 6) is 2.35. The summed E-state index contributed by atoms with van der Waals surface area (Å²) in [6, 6.07) is 13.6. The third kappa shape index (κ3) is 4.97. The summed E-state index contributed by atoms with van der Waals surface area (Å²) in [4.78, 5) is 21.2. The van der Waals surface area contributed by atoms with Gasteiger partial charge in [-0.2, -0.15) is 0 Å². The molecule has 0 radical (unpaired) electrons. The second-order valence-electron chi connectivity index (χ2n) is 7.14. The lowest BCUT2D eigenvalue weighted by Crippen LogP contribution is -2.12. The van der Waals surface area contributed by atoms with Crippen molar-refractivity contribution in [1.82, 2.24) is 9.97 Å². The predicted octanol–water partition coefficient (Wildman–Crippen LogP) is 5.36. The van der Waals surface area contributed by atoms with Gasteiger partial charge in [0.15, 0.2) is 28.3 Å². The van der Waals surface area contributed by atoms with Crippen LogP contribution in [0.5, 0.6) is 11.5 Å². The van der Waals surface area contributed by atoms with E-state index in [0.717, 1.165) is 16.8 Å². The van der Waals surface area contributed by atoms with Gasteiger partial charge in [0.2, 0.25) is 5.91 Å². The molecule has 0 spiro atoms. The van der Waals surface area contributed by atoms with Crippen LogP contribution in [0.2, 0.25) is 0 Å². The largest absolute Gasteiger partial charge is 0.493 e. The average molecular weight is 450 g/mol. The molecule has 164 valence electrons. The van der Waals surface area contributed by atoms with E-state index in [2.05, 4.69) is 15.3 Å². The van der Waals surface area contributed by atoms with Crippen LogP contribution in [0, 0.1) is 6.92 Å². The first kappa shape index (κ1) is 21.6. The van der Waals surface area contributed by atoms with Gasteiger partial charge in [-0.15, -0.1) is 11.3 Å². The number of anilines is 1. The number of hydrogen-bond acceptors (Lipinski definition) is 7. The minimum Gasteiger partial charge on any atom is -0.493 e. The van der Waals surface area contributed by atoms with E-state index in [1.807, 2.05) is 54.8 Å². The first-order valence-electron chi connectivity index (χ1n) is 10.0. The summed E-state index contributed by atoms with van der Waals surface area (Å²) < 4.78 is 16.4. The van der Waals surface area contributed by atoms with Gasteiger partial charge in [-0.25, -0.2) is 9.97 Å². The van der Waals surface area contributed by atoms with Gasteiger partial charge >= 0.3 is 0 Å². The molecule has 0 saturated heterocycles. The van der Waals surface area contributed by atoms with Crippen LogP contribution in [-0.4, -0.2) is 30.1 Å². The van der Waals surface area contributed by atoms with Gasteiger partial charge < -0.3 is 19.2 Å². The number of benzene rings is 2. The van der Waals surface area contributed by atoms with Crippen LogP contribution in [0.25, 0.3) is 22.6 Å². The van der Waals surface area contributed by atoms with Crippen LogP contribution >= 0.6 is 11.3 Å². The third-order valence-electron chi connectivity index (χ3n) is 4.89. The number of aryl methyl sites for hydroxylation is 2. The molecule has 2 aromatic heterocycles. The number of ether oxygens (including phenoxy) is 2. The number of carbonyl (C=O) groups is 1. The Labute approximate surface area is 190 Å². The number of carbonyl (C=O) groups excluding carboxylic acids is 1. The second kappa shape index (κ2) is 9.65. The second-order valence-corrected chi connectivity index (χ2v) is 8.00. The number of rotatable bonds is 8. The highest BCUT2D eigenvalue weighted by molar-refractivity contribution is 7.14. The number of oxazole rings is 1. The van der Waals surface area contributed by atoms with E-state index < -0.39 is 0 Å². The van der Waals surface area contributed by atoms with Crippen molar-refractivity contribution in [2.45, 2.75) is 19.8 Å². The molecule has 0 aliphatic rings. The lowest BCUT2D eigenvalue weighted by Gasteiger charge is -2.08. The Morgan fingerprint density at radius 3 is 2.56 bits per heavy atom. The van der Waals surface area contributed by atoms with Crippen molar-refractivity contribution < 1.29 is 18.7 Å². The Morgan fingerprint density at radius 1 is 1.06 bits per heavy atom. The summed E-state index contributed by atoms with van der Waals surface area (Å²) in [5, 5.41) is 5.26. The van der Waals surface area contributed by atoms with Crippen molar-refractivity contribution in [2.75, 3.05) is 19.5 Å². The van der Waals surface area contributed by atoms with Crippen molar-refractivity contribution >= 4 is 22.4 Å². The van der Waals surface area contributed by atoms with Gasteiger partial charge in [-0.3, -0.25) is 4.79 Å². The molecule has 8 heteroatoms. The molecule has 0 fully saturated rings. The van der Waals surface area contributed by atoms with E-state index in [0.29, 0.717) is 34.7 Å². The van der Waals surface area contributed by atoms with E-state index in [1.54, 1.807) is 20.4 Å². The molecule has 4 aromatic rings. The highest BCUT2D eigenvalue weighted by Gasteiger charge is 2.13. The maximum Gasteiger partial charge on any atom is 0.226 e. The highest BCUT2D eigenvalue weighted by Crippen LogP contribution is 2.33. The lowest BCUT2D eigenvalue weighted by molar-refractivity contribution is -0.116. The van der Waals surface area contributed by atoms with Crippen molar-refractivity contribution in [3.05, 3.63) is 65.5 Å². The molecular weight excluding hydrogens is 426 g/mol. The van der Waals surface area contributed by atoms with Crippen LogP contribution in [0.4, 0.5) is 5.13 Å². The maximum absolute atomic E-state index is 12.4. The Morgan fingerprint density at radius 2 is 1.81 bits per heavy atom. The van der Waals surface area contributed by atoms with Crippen molar-refractivity contribution in [3.8, 4) is 34.1 Å². The summed E-state index contributed by atoms with van der Waals surface area (Å²) in [7, 11) is 3.18. The zero-order chi connectivity index (χ0) is 22.5. The Kier molecular flexibility index (Phi) is 6.51. The van der Waals surface area contributed by atoms with Crippen molar-refractivity contribution in [3.63, 3.8) is 0 Å². The molecule has 0 saturated carbocycles. The van der Waals surface area contributed by atoms with Crippen LogP contribution in [-0.2, 0) is 11.2 Å². The number of thiazole rings is 1. The molecule has 7 nitrogen and oxygen atoms in total. The highest BCUT2D eigenvalue weighted by atomic mass is 32.1. The average Bonchev–Trinajstić information content (AvgIpc) is 3.47. The minimum absolute atomic E-state index is 0.145. The van der Waals surface area contributed by atoms with Crippen LogP contribution in [0.15, 0.2) is 58.5 Å². The normalized spacial score (nSPS) is 10.7. The van der Waals surface area contributed by atoms with Gasteiger partial charge in [0.05, 0.1) is 26.1 Å². The number of amides is 1. The molecule has 0 unspecified atom stereocenters. The molecule has 0 aliphatic carbocycles. The molecule has 4 rings (SSSR count). The fourth-order valence-electron chi connectivity index (χ4n) is 3.14. The molecule has 2 heterocycles. The molecule has 0 aliphatic heterocycles. The molecule has 0 atom stereocenters. The SMILES string of the molecule is COc1ccc(-c2csc(NC(=O)CCc3ncc(-c4ccc(C)cc4)o3)n2)cc1OC. The van der Waals surface area contributed by atoms with Gasteiger partial charge in [-0.1, -0.05) is 29.8 Å². The van der Waals surface area contributed by atoms with Crippen molar-refractivity contribution in [1.29, 1.82) is 0 Å². The fraction of sp³-hybridized carbons (Fsp3) is 0.208. The number of aromatic nitrogens is 2. The van der Waals surface area contributed by atoms with Crippen LogP contribution in [0.1, 0.15) is 17.9 Å². The predicted molar refractivity (Wildman–Crippen MR) is 124 cm³/mol. The first-order valence-corrected chi connectivity index (χ1v) is 10.9. The van der Waals surface area contributed by atoms with E-state index in [1.165, 1.54) is 16.9 Å². The Balaban J connectivity index is 1.34. The molecule has 1 N–H and O–H groups in total. The lowest BCUT2D eigenvalue weighted by atomic mass is 10.1. The van der Waals surface area contributed by atoms with Gasteiger partial charge in [0.1, 0.15) is 0 Å². The monoisotopic (exact) mass is 449 g/mol. The van der Waals surface area contributed by atoms with Crippen LogP contribution in [0.3, 0.4) is 0 Å². The number of nitrogens with zero attached hydrogens (tertiary/aromatic N) is 2. The summed E-state index contributed by atoms with van der Waals surface area (Å²) in [6.45, 7) is 2.04. The van der Waals surface area contributed by atoms with E-state index >= 15 is 0 Å². The zero-order valence-corrected chi connectivity index (χ0v) is 18.9. The van der Waals surface area contributed by atoms with E-state index in [9.17, 15) is 4.79 Å².